The summed E-state index contributed by atoms with van der Waals surface area (Å²) in [6, 6.07) is 12.5. The second-order valence-electron chi connectivity index (χ2n) is 6.05. The average molecular weight is 363 g/mol. The quantitative estimate of drug-likeness (QED) is 0.632. The minimum Gasteiger partial charge on any atom is -0.278 e. The molecule has 8 heteroatoms. The highest BCUT2D eigenvalue weighted by atomic mass is 19.4. The maximum Gasteiger partial charge on any atom is 0.426 e. The highest BCUT2D eigenvalue weighted by Gasteiger charge is 2.65. The summed E-state index contributed by atoms with van der Waals surface area (Å²) in [5, 5.41) is 0. The Labute approximate surface area is 147 Å². The summed E-state index contributed by atoms with van der Waals surface area (Å²) < 4.78 is 39.6. The van der Waals surface area contributed by atoms with E-state index in [2.05, 4.69) is 10.9 Å². The van der Waals surface area contributed by atoms with Crippen LogP contribution in [0.15, 0.2) is 48.5 Å². The van der Waals surface area contributed by atoms with Crippen LogP contribution in [0.4, 0.5) is 13.2 Å². The predicted octanol–water partition coefficient (Wildman–Crippen LogP) is 2.62. The van der Waals surface area contributed by atoms with Crippen molar-refractivity contribution in [2.75, 3.05) is 0 Å². The van der Waals surface area contributed by atoms with Gasteiger partial charge in [-0.15, -0.1) is 0 Å². The van der Waals surface area contributed by atoms with Crippen LogP contribution >= 0.6 is 0 Å². The number of hydrogen-bond donors (Lipinski definition) is 2. The van der Waals surface area contributed by atoms with Gasteiger partial charge in [0.1, 0.15) is 0 Å². The second kappa shape index (κ2) is 6.54. The molecule has 0 aromatic heterocycles. The molecule has 1 aliphatic rings. The first-order chi connectivity index (χ1) is 12.3. The average Bonchev–Trinajstić information content (AvgIpc) is 3.42. The fraction of sp³-hybridized carbons (Fsp3) is 0.222. The Morgan fingerprint density at radius 3 is 2.42 bits per heavy atom. The Bertz CT molecular complexity index is 848. The van der Waals surface area contributed by atoms with Gasteiger partial charge in [-0.3, -0.25) is 14.5 Å². The molecule has 1 saturated heterocycles. The zero-order valence-corrected chi connectivity index (χ0v) is 13.8. The van der Waals surface area contributed by atoms with Crippen LogP contribution in [0.3, 0.4) is 0 Å². The van der Waals surface area contributed by atoms with E-state index in [9.17, 15) is 22.8 Å². The number of alkyl halides is 3. The Hall–Kier alpha value is -2.71. The number of carbonyl (C=O) groups excluding carboxylic acids is 2. The lowest BCUT2D eigenvalue weighted by atomic mass is 10.0. The third kappa shape index (κ3) is 3.21. The van der Waals surface area contributed by atoms with Crippen LogP contribution in [0.1, 0.15) is 27.0 Å². The van der Waals surface area contributed by atoms with Crippen molar-refractivity contribution in [3.63, 3.8) is 0 Å². The summed E-state index contributed by atoms with van der Waals surface area (Å²) in [6.07, 6.45) is -4.14. The van der Waals surface area contributed by atoms with E-state index in [1.54, 1.807) is 37.3 Å². The number of aryl methyl sites for hydroxylation is 1. The SMILES string of the molecule is Cc1ccccc1C(=O)N(C=O)Cc1cccc(C2(C(F)(F)F)NN2)c1. The van der Waals surface area contributed by atoms with Crippen LogP contribution < -0.4 is 10.9 Å². The third-order valence-electron chi connectivity index (χ3n) is 4.28. The van der Waals surface area contributed by atoms with Gasteiger partial charge >= 0.3 is 6.18 Å². The predicted molar refractivity (Wildman–Crippen MR) is 87.6 cm³/mol. The van der Waals surface area contributed by atoms with Crippen LogP contribution in [0.25, 0.3) is 0 Å². The van der Waals surface area contributed by atoms with Gasteiger partial charge in [0.05, 0.1) is 6.54 Å². The van der Waals surface area contributed by atoms with E-state index in [1.807, 2.05) is 0 Å². The molecule has 0 radical (unpaired) electrons. The second-order valence-corrected chi connectivity index (χ2v) is 6.05. The number of nitrogens with zero attached hydrogens (tertiary/aromatic N) is 1. The van der Waals surface area contributed by atoms with Crippen molar-refractivity contribution < 1.29 is 22.8 Å². The number of halogens is 3. The Kier molecular flexibility index (Phi) is 4.55. The number of carbonyl (C=O) groups is 2. The number of nitrogens with one attached hydrogen (secondary N) is 2. The topological polar surface area (TPSA) is 81.3 Å². The fourth-order valence-corrected chi connectivity index (χ4v) is 2.74. The van der Waals surface area contributed by atoms with Crippen LogP contribution in [0, 0.1) is 6.92 Å². The van der Waals surface area contributed by atoms with Crippen molar-refractivity contribution in [1.29, 1.82) is 0 Å². The lowest BCUT2D eigenvalue weighted by Crippen LogP contribution is -2.35. The van der Waals surface area contributed by atoms with Crippen LogP contribution in [0.2, 0.25) is 0 Å². The lowest BCUT2D eigenvalue weighted by Gasteiger charge is -2.19. The molecule has 1 aliphatic heterocycles. The molecule has 2 aromatic carbocycles. The maximum atomic E-state index is 13.2. The minimum absolute atomic E-state index is 0.0308. The normalized spacial score (nSPS) is 15.4. The molecule has 0 spiro atoms. The van der Waals surface area contributed by atoms with Crippen LogP contribution in [-0.4, -0.2) is 23.4 Å². The molecule has 0 bridgehead atoms. The lowest BCUT2D eigenvalue weighted by molar-refractivity contribution is -0.165. The standard InChI is InChI=1S/C18H16F3N3O2/c1-12-5-2-3-8-15(12)16(26)24(11-25)10-13-6-4-7-14(9-13)17(22-23-17)18(19,20)21/h2-9,11,22-23H,10H2,1H3. The monoisotopic (exact) mass is 363 g/mol. The van der Waals surface area contributed by atoms with E-state index in [0.717, 1.165) is 4.90 Å². The van der Waals surface area contributed by atoms with E-state index in [0.29, 0.717) is 23.1 Å². The summed E-state index contributed by atoms with van der Waals surface area (Å²) in [6.45, 7) is 1.62. The van der Waals surface area contributed by atoms with Crippen molar-refractivity contribution in [2.45, 2.75) is 25.3 Å². The molecule has 0 aliphatic carbocycles. The Balaban J connectivity index is 1.84. The highest BCUT2D eigenvalue weighted by Crippen LogP contribution is 2.42. The van der Waals surface area contributed by atoms with E-state index in [-0.39, 0.29) is 12.1 Å². The molecular weight excluding hydrogens is 347 g/mol. The fourth-order valence-electron chi connectivity index (χ4n) is 2.74. The van der Waals surface area contributed by atoms with Crippen LogP contribution in [-0.2, 0) is 17.0 Å². The van der Waals surface area contributed by atoms with E-state index < -0.39 is 17.7 Å². The van der Waals surface area contributed by atoms with Crippen molar-refractivity contribution in [3.05, 3.63) is 70.8 Å². The zero-order valence-electron chi connectivity index (χ0n) is 13.8. The molecule has 0 unspecified atom stereocenters. The number of hydrazine groups is 1. The molecule has 0 atom stereocenters. The molecule has 136 valence electrons. The smallest absolute Gasteiger partial charge is 0.278 e. The van der Waals surface area contributed by atoms with Gasteiger partial charge < -0.3 is 0 Å². The van der Waals surface area contributed by atoms with Crippen molar-refractivity contribution in [2.24, 2.45) is 0 Å². The van der Waals surface area contributed by atoms with E-state index >= 15 is 0 Å². The van der Waals surface area contributed by atoms with Crippen LogP contribution in [0.5, 0.6) is 0 Å². The van der Waals surface area contributed by atoms with Gasteiger partial charge in [-0.05, 0) is 29.7 Å². The highest BCUT2D eigenvalue weighted by molar-refractivity contribution is 6.00. The van der Waals surface area contributed by atoms with E-state index in [1.165, 1.54) is 18.2 Å². The summed E-state index contributed by atoms with van der Waals surface area (Å²) in [5.41, 5.74) is 3.44. The molecule has 1 fully saturated rings. The first-order valence-corrected chi connectivity index (χ1v) is 7.81. The molecule has 2 aromatic rings. The van der Waals surface area contributed by atoms with Crippen molar-refractivity contribution in [3.8, 4) is 0 Å². The van der Waals surface area contributed by atoms with Crippen molar-refractivity contribution >= 4 is 12.3 Å². The third-order valence-corrected chi connectivity index (χ3v) is 4.28. The summed E-state index contributed by atoms with van der Waals surface area (Å²) >= 11 is 0. The van der Waals surface area contributed by atoms with Gasteiger partial charge in [0, 0.05) is 5.56 Å². The minimum atomic E-state index is -4.52. The first-order valence-electron chi connectivity index (χ1n) is 7.81. The molecular formula is C18H16F3N3O2. The largest absolute Gasteiger partial charge is 0.426 e. The molecule has 3 rings (SSSR count). The van der Waals surface area contributed by atoms with Gasteiger partial charge in [0.2, 0.25) is 12.1 Å². The first kappa shape index (κ1) is 18.1. The molecule has 26 heavy (non-hydrogen) atoms. The van der Waals surface area contributed by atoms with Gasteiger partial charge in [0.15, 0.2) is 0 Å². The molecule has 1 heterocycles. The summed E-state index contributed by atoms with van der Waals surface area (Å²) in [5.74, 6) is -0.503. The van der Waals surface area contributed by atoms with Gasteiger partial charge in [-0.1, -0.05) is 42.5 Å². The number of amides is 2. The maximum absolute atomic E-state index is 13.2. The van der Waals surface area contributed by atoms with Gasteiger partial charge in [-0.2, -0.15) is 13.2 Å². The molecule has 0 saturated carbocycles. The Morgan fingerprint density at radius 2 is 1.85 bits per heavy atom. The van der Waals surface area contributed by atoms with Crippen molar-refractivity contribution in [1.82, 2.24) is 15.8 Å². The number of imide groups is 1. The number of rotatable bonds is 5. The van der Waals surface area contributed by atoms with E-state index in [4.69, 9.17) is 0 Å². The summed E-state index contributed by atoms with van der Waals surface area (Å²) in [4.78, 5) is 24.9. The van der Waals surface area contributed by atoms with Gasteiger partial charge in [0.25, 0.3) is 5.91 Å². The molecule has 2 amide bonds. The van der Waals surface area contributed by atoms with Gasteiger partial charge in [-0.25, -0.2) is 10.9 Å². The molecule has 5 nitrogen and oxygen atoms in total. The number of benzene rings is 2. The molecule has 2 N–H and O–H groups in total. The number of hydrogen-bond acceptors (Lipinski definition) is 4. The zero-order chi connectivity index (χ0) is 18.9. The Morgan fingerprint density at radius 1 is 1.15 bits per heavy atom. The summed E-state index contributed by atoms with van der Waals surface area (Å²) in [7, 11) is 0.